The van der Waals surface area contributed by atoms with Gasteiger partial charge in [-0.3, -0.25) is 9.69 Å². The molecule has 0 saturated heterocycles. The second-order valence-electron chi connectivity index (χ2n) is 8.70. The van der Waals surface area contributed by atoms with Crippen LogP contribution in [0.1, 0.15) is 38.7 Å². The van der Waals surface area contributed by atoms with E-state index in [4.69, 9.17) is 11.6 Å². The van der Waals surface area contributed by atoms with Crippen LogP contribution in [-0.2, 0) is 5.60 Å². The minimum Gasteiger partial charge on any atom is -0.375 e. The van der Waals surface area contributed by atoms with Gasteiger partial charge in [0.1, 0.15) is 11.6 Å². The highest BCUT2D eigenvalue weighted by Crippen LogP contribution is 2.49. The number of anilines is 2. The van der Waals surface area contributed by atoms with Gasteiger partial charge in [-0.2, -0.15) is 18.4 Å². The minimum atomic E-state index is -5.25. The molecule has 2 atom stereocenters. The zero-order valence-corrected chi connectivity index (χ0v) is 19.6. The second-order valence-corrected chi connectivity index (χ2v) is 9.11. The molecule has 3 aromatic carbocycles. The molecule has 13 heteroatoms. The molecule has 2 heterocycles. The fourth-order valence-electron chi connectivity index (χ4n) is 4.65. The summed E-state index contributed by atoms with van der Waals surface area (Å²) in [5.41, 5.74) is -4.80. The van der Waals surface area contributed by atoms with Crippen LogP contribution < -0.4 is 15.5 Å². The maximum Gasteiger partial charge on any atom is 0.423 e. The van der Waals surface area contributed by atoms with E-state index in [1.165, 1.54) is 18.2 Å². The Hall–Kier alpha value is -4.21. The van der Waals surface area contributed by atoms with Crippen molar-refractivity contribution in [2.75, 3.05) is 16.8 Å². The average molecular weight is 549 g/mol. The van der Waals surface area contributed by atoms with Gasteiger partial charge in [0.25, 0.3) is 5.91 Å². The molecule has 0 aliphatic carbocycles. The monoisotopic (exact) mass is 548 g/mol. The highest BCUT2D eigenvalue weighted by Gasteiger charge is 2.61. The molecular formula is C25H14ClF5N4O3. The highest BCUT2D eigenvalue weighted by molar-refractivity contribution is 6.31. The first-order valence-corrected chi connectivity index (χ1v) is 11.2. The summed E-state index contributed by atoms with van der Waals surface area (Å²) >= 11 is 6.22. The van der Waals surface area contributed by atoms with Crippen LogP contribution in [0.15, 0.2) is 48.5 Å². The van der Waals surface area contributed by atoms with Gasteiger partial charge in [-0.25, -0.2) is 13.6 Å². The molecule has 0 bridgehead atoms. The number of nitrogens with one attached hydrogen (secondary N) is 2. The number of rotatable bonds is 2. The normalized spacial score (nSPS) is 20.0. The van der Waals surface area contributed by atoms with E-state index in [0.29, 0.717) is 11.0 Å². The Balaban J connectivity index is 1.59. The topological polar surface area (TPSA) is 105 Å². The maximum atomic E-state index is 14.0. The molecular weight excluding hydrogens is 535 g/mol. The summed E-state index contributed by atoms with van der Waals surface area (Å²) in [7, 11) is 0. The number of fused-ring (bicyclic) bond motifs is 2. The Labute approximate surface area is 216 Å². The minimum absolute atomic E-state index is 0.0413. The van der Waals surface area contributed by atoms with Gasteiger partial charge in [0.15, 0.2) is 0 Å². The van der Waals surface area contributed by atoms with Crippen LogP contribution in [0.25, 0.3) is 0 Å². The lowest BCUT2D eigenvalue weighted by Crippen LogP contribution is -2.48. The lowest BCUT2D eigenvalue weighted by Gasteiger charge is -2.27. The number of nitriles is 1. The Kier molecular flexibility index (Phi) is 5.81. The van der Waals surface area contributed by atoms with Gasteiger partial charge >= 0.3 is 12.2 Å². The molecule has 194 valence electrons. The average Bonchev–Trinajstić information content (AvgIpc) is 3.35. The molecule has 0 aromatic heterocycles. The van der Waals surface area contributed by atoms with E-state index >= 15 is 0 Å². The molecule has 3 N–H and O–H groups in total. The number of carbonyl (C=O) groups excluding carboxylic acids is 2. The zero-order chi connectivity index (χ0) is 27.6. The zero-order valence-electron chi connectivity index (χ0n) is 18.8. The molecule has 0 spiro atoms. The number of halogens is 6. The van der Waals surface area contributed by atoms with Gasteiger partial charge < -0.3 is 15.7 Å². The predicted molar refractivity (Wildman–Crippen MR) is 125 cm³/mol. The third-order valence-corrected chi connectivity index (χ3v) is 6.77. The smallest absolute Gasteiger partial charge is 0.375 e. The largest absolute Gasteiger partial charge is 0.423 e. The Morgan fingerprint density at radius 1 is 1.16 bits per heavy atom. The van der Waals surface area contributed by atoms with Gasteiger partial charge in [0.2, 0.25) is 5.60 Å². The summed E-state index contributed by atoms with van der Waals surface area (Å²) in [6.45, 7) is -1.28. The SMILES string of the molecule is N#Cc1cc(NC(=O)N2C[C@](O)(C(F)(F)F)c3cc(F)ccc32)c2c(c1)C(=O)N[C@@H]2c1cc(F)ccc1Cl. The molecule has 3 aromatic rings. The Bertz CT molecular complexity index is 1570. The van der Waals surface area contributed by atoms with Crippen molar-refractivity contribution in [1.82, 2.24) is 5.32 Å². The molecule has 0 radical (unpaired) electrons. The molecule has 2 aliphatic rings. The summed E-state index contributed by atoms with van der Waals surface area (Å²) in [6, 6.07) is 7.69. The van der Waals surface area contributed by atoms with Crippen molar-refractivity contribution in [2.24, 2.45) is 0 Å². The second kappa shape index (κ2) is 8.68. The quantitative estimate of drug-likeness (QED) is 0.386. The van der Waals surface area contributed by atoms with Gasteiger partial charge in [0, 0.05) is 27.3 Å². The Morgan fingerprint density at radius 3 is 2.53 bits per heavy atom. The van der Waals surface area contributed by atoms with E-state index in [1.807, 2.05) is 6.07 Å². The van der Waals surface area contributed by atoms with Crippen molar-refractivity contribution in [1.29, 1.82) is 5.26 Å². The first-order chi connectivity index (χ1) is 17.8. The van der Waals surface area contributed by atoms with Crippen LogP contribution in [0.5, 0.6) is 0 Å². The van der Waals surface area contributed by atoms with Gasteiger partial charge in [-0.1, -0.05) is 11.6 Å². The highest BCUT2D eigenvalue weighted by atomic mass is 35.5. The molecule has 2 aliphatic heterocycles. The van der Waals surface area contributed by atoms with Crippen molar-refractivity contribution in [2.45, 2.75) is 17.8 Å². The number of urea groups is 1. The number of alkyl halides is 3. The standard InChI is InChI=1S/C25H14ClF5N4O3/c26-17-3-1-12(27)7-14(17)21-20-15(22(36)34-21)5-11(9-32)6-18(20)33-23(37)35-10-24(38,25(29,30)31)16-8-13(28)2-4-19(16)35/h1-8,21,38H,10H2,(H,33,37)(H,34,36)/t21-,24-/m1/s1. The van der Waals surface area contributed by atoms with Crippen molar-refractivity contribution >= 4 is 34.9 Å². The summed E-state index contributed by atoms with van der Waals surface area (Å²) in [4.78, 5) is 26.6. The molecule has 0 unspecified atom stereocenters. The van der Waals surface area contributed by atoms with E-state index in [-0.39, 0.29) is 33.0 Å². The third kappa shape index (κ3) is 3.91. The fourth-order valence-corrected chi connectivity index (χ4v) is 4.88. The molecule has 38 heavy (non-hydrogen) atoms. The summed E-state index contributed by atoms with van der Waals surface area (Å²) in [6.07, 6.45) is -5.25. The number of aliphatic hydroxyl groups is 1. The Morgan fingerprint density at radius 2 is 1.84 bits per heavy atom. The van der Waals surface area contributed by atoms with Crippen LogP contribution in [0.4, 0.5) is 38.1 Å². The number of carbonyl (C=O) groups is 2. The van der Waals surface area contributed by atoms with E-state index in [2.05, 4.69) is 10.6 Å². The van der Waals surface area contributed by atoms with Crippen LogP contribution in [-0.4, -0.2) is 29.8 Å². The van der Waals surface area contributed by atoms with Crippen molar-refractivity contribution in [3.05, 3.63) is 93.0 Å². The molecule has 0 saturated carbocycles. The summed E-state index contributed by atoms with van der Waals surface area (Å²) in [5.74, 6) is -2.38. The van der Waals surface area contributed by atoms with E-state index < -0.39 is 59.2 Å². The fraction of sp³-hybridized carbons (Fsp3) is 0.160. The molecule has 0 fully saturated rings. The summed E-state index contributed by atoms with van der Waals surface area (Å²) in [5, 5.41) is 25.0. The molecule has 3 amide bonds. The van der Waals surface area contributed by atoms with Crippen molar-refractivity contribution < 1.29 is 36.6 Å². The van der Waals surface area contributed by atoms with E-state index in [9.17, 15) is 41.9 Å². The van der Waals surface area contributed by atoms with Crippen LogP contribution in [0, 0.1) is 23.0 Å². The predicted octanol–water partition coefficient (Wildman–Crippen LogP) is 5.12. The van der Waals surface area contributed by atoms with Crippen molar-refractivity contribution in [3.63, 3.8) is 0 Å². The number of hydrogen-bond acceptors (Lipinski definition) is 4. The van der Waals surface area contributed by atoms with Crippen molar-refractivity contribution in [3.8, 4) is 6.07 Å². The van der Waals surface area contributed by atoms with Gasteiger partial charge in [-0.15, -0.1) is 0 Å². The number of β-amino-alcohol motifs (C(OH)–C–C–N with tert-alkyl or cyclic N) is 1. The van der Waals surface area contributed by atoms with E-state index in [1.54, 1.807) is 0 Å². The van der Waals surface area contributed by atoms with Crippen LogP contribution in [0.2, 0.25) is 5.02 Å². The van der Waals surface area contributed by atoms with Crippen LogP contribution in [0.3, 0.4) is 0 Å². The van der Waals surface area contributed by atoms with Gasteiger partial charge in [0.05, 0.1) is 35.6 Å². The lowest BCUT2D eigenvalue weighted by atomic mass is 9.94. The van der Waals surface area contributed by atoms with Crippen LogP contribution >= 0.6 is 11.6 Å². The molecule has 5 rings (SSSR count). The number of benzene rings is 3. The third-order valence-electron chi connectivity index (χ3n) is 6.42. The first-order valence-electron chi connectivity index (χ1n) is 10.9. The lowest BCUT2D eigenvalue weighted by molar-refractivity contribution is -0.258. The first kappa shape index (κ1) is 25.4. The number of hydrogen-bond donors (Lipinski definition) is 3. The number of nitrogens with zero attached hydrogens (tertiary/aromatic N) is 2. The molecule has 7 nitrogen and oxygen atoms in total. The van der Waals surface area contributed by atoms with Gasteiger partial charge in [-0.05, 0) is 48.5 Å². The van der Waals surface area contributed by atoms with E-state index in [0.717, 1.165) is 24.3 Å². The maximum absolute atomic E-state index is 14.0. The summed E-state index contributed by atoms with van der Waals surface area (Å²) < 4.78 is 69.2. The number of amides is 3.